The highest BCUT2D eigenvalue weighted by Gasteiger charge is 2.15. The number of nitrogens with two attached hydrogens (primary N) is 2. The Labute approximate surface area is 231 Å². The number of ether oxygens (including phenoxy) is 3. The van der Waals surface area contributed by atoms with Crippen LogP contribution in [0.3, 0.4) is 0 Å². The number of nitrogen functional groups attached to an aromatic ring is 2. The molecule has 0 bridgehead atoms. The Kier molecular flexibility index (Phi) is 10.4. The molecule has 0 saturated carbocycles. The molecule has 0 aliphatic rings. The first-order chi connectivity index (χ1) is 19.2. The average molecular weight is 547 g/mol. The molecule has 208 valence electrons. The Morgan fingerprint density at radius 1 is 0.900 bits per heavy atom. The second kappa shape index (κ2) is 14.1. The maximum Gasteiger partial charge on any atom is 0.338 e. The lowest BCUT2D eigenvalue weighted by Gasteiger charge is -2.11. The molecule has 0 aliphatic heterocycles. The number of carbonyl (C=O) groups is 4. The molecular weight excluding hydrogens is 516 g/mol. The number of carboxylic acids is 1. The van der Waals surface area contributed by atoms with Crippen molar-refractivity contribution < 1.29 is 38.5 Å². The van der Waals surface area contributed by atoms with Crippen LogP contribution in [-0.2, 0) is 20.7 Å². The van der Waals surface area contributed by atoms with Gasteiger partial charge in [0, 0.05) is 30.3 Å². The van der Waals surface area contributed by atoms with Gasteiger partial charge < -0.3 is 30.8 Å². The minimum absolute atomic E-state index is 0.0384. The fourth-order valence-corrected chi connectivity index (χ4v) is 3.64. The standard InChI is InChI=1S/C30H30N2O8/c1-2-3-4-27(33)39-22-10-12-23(13-11-22)40-28(34)14-7-19-5-8-20(9-6-19)30(37)38-16-15-24-25(29(35)36)17-21(31)18-26(24)32/h5-14,17-18H,2-4,15-16,31-32H2,1H3,(H,35,36)/b14-7+. The summed E-state index contributed by atoms with van der Waals surface area (Å²) in [4.78, 5) is 47.7. The number of benzene rings is 3. The fourth-order valence-electron chi connectivity index (χ4n) is 3.64. The van der Waals surface area contributed by atoms with E-state index in [1.54, 1.807) is 24.3 Å². The molecule has 10 heteroatoms. The highest BCUT2D eigenvalue weighted by atomic mass is 16.5. The van der Waals surface area contributed by atoms with E-state index in [1.807, 2.05) is 6.92 Å². The van der Waals surface area contributed by atoms with Gasteiger partial charge in [0.05, 0.1) is 17.7 Å². The summed E-state index contributed by atoms with van der Waals surface area (Å²) in [5.41, 5.74) is 13.2. The summed E-state index contributed by atoms with van der Waals surface area (Å²) in [6.45, 7) is 1.91. The monoisotopic (exact) mass is 546 g/mol. The molecule has 0 aliphatic carbocycles. The molecule has 3 aromatic carbocycles. The Morgan fingerprint density at radius 3 is 2.17 bits per heavy atom. The zero-order valence-electron chi connectivity index (χ0n) is 21.9. The Hall–Kier alpha value is -5.12. The topological polar surface area (TPSA) is 168 Å². The lowest BCUT2D eigenvalue weighted by molar-refractivity contribution is -0.134. The normalized spacial score (nSPS) is 10.7. The van der Waals surface area contributed by atoms with Gasteiger partial charge in [-0.1, -0.05) is 25.5 Å². The number of hydrogen-bond acceptors (Lipinski definition) is 9. The quantitative estimate of drug-likeness (QED) is 0.126. The van der Waals surface area contributed by atoms with Crippen molar-refractivity contribution in [3.8, 4) is 11.5 Å². The predicted octanol–water partition coefficient (Wildman–Crippen LogP) is 4.66. The van der Waals surface area contributed by atoms with E-state index < -0.39 is 17.9 Å². The van der Waals surface area contributed by atoms with Gasteiger partial charge >= 0.3 is 23.9 Å². The molecule has 3 aromatic rings. The van der Waals surface area contributed by atoms with Crippen LogP contribution in [0.15, 0.2) is 66.7 Å². The van der Waals surface area contributed by atoms with Gasteiger partial charge in [0.1, 0.15) is 11.5 Å². The van der Waals surface area contributed by atoms with Gasteiger partial charge in [-0.05, 0) is 72.2 Å². The third kappa shape index (κ3) is 8.73. The van der Waals surface area contributed by atoms with Crippen LogP contribution in [-0.4, -0.2) is 35.6 Å². The number of hydrogen-bond donors (Lipinski definition) is 3. The molecule has 40 heavy (non-hydrogen) atoms. The Bertz CT molecular complexity index is 1400. The van der Waals surface area contributed by atoms with Crippen molar-refractivity contribution in [1.82, 2.24) is 0 Å². The molecule has 0 aromatic heterocycles. The summed E-state index contributed by atoms with van der Waals surface area (Å²) in [5.74, 6) is -2.04. The molecule has 0 amide bonds. The summed E-state index contributed by atoms with van der Waals surface area (Å²) in [6, 6.07) is 15.2. The molecule has 0 heterocycles. The molecule has 0 atom stereocenters. The summed E-state index contributed by atoms with van der Waals surface area (Å²) < 4.78 is 15.7. The van der Waals surface area contributed by atoms with E-state index in [0.29, 0.717) is 23.3 Å². The van der Waals surface area contributed by atoms with E-state index in [1.165, 1.54) is 48.6 Å². The molecule has 0 radical (unpaired) electrons. The SMILES string of the molecule is CCCCC(=O)Oc1ccc(OC(=O)/C=C/c2ccc(C(=O)OCCc3c(N)cc(N)cc3C(=O)O)cc2)cc1. The van der Waals surface area contributed by atoms with E-state index >= 15 is 0 Å². The van der Waals surface area contributed by atoms with Crippen LogP contribution in [0.25, 0.3) is 6.08 Å². The van der Waals surface area contributed by atoms with E-state index in [9.17, 15) is 24.3 Å². The van der Waals surface area contributed by atoms with Crippen LogP contribution >= 0.6 is 0 Å². The van der Waals surface area contributed by atoms with Crippen molar-refractivity contribution in [2.24, 2.45) is 0 Å². The third-order valence-electron chi connectivity index (χ3n) is 5.69. The number of esters is 3. The minimum atomic E-state index is -1.17. The lowest BCUT2D eigenvalue weighted by atomic mass is 10.0. The van der Waals surface area contributed by atoms with Gasteiger partial charge in [0.25, 0.3) is 0 Å². The van der Waals surface area contributed by atoms with Crippen LogP contribution in [0.1, 0.15) is 58.0 Å². The predicted molar refractivity (Wildman–Crippen MR) is 149 cm³/mol. The van der Waals surface area contributed by atoms with Crippen LogP contribution < -0.4 is 20.9 Å². The zero-order chi connectivity index (χ0) is 29.1. The smallest absolute Gasteiger partial charge is 0.338 e. The van der Waals surface area contributed by atoms with Crippen LogP contribution in [0.4, 0.5) is 11.4 Å². The van der Waals surface area contributed by atoms with Gasteiger partial charge in [0.15, 0.2) is 0 Å². The molecule has 5 N–H and O–H groups in total. The molecular formula is C30H30N2O8. The maximum atomic E-state index is 12.4. The van der Waals surface area contributed by atoms with Crippen molar-refractivity contribution >= 4 is 41.3 Å². The first-order valence-corrected chi connectivity index (χ1v) is 12.5. The zero-order valence-corrected chi connectivity index (χ0v) is 21.9. The van der Waals surface area contributed by atoms with Crippen LogP contribution in [0.5, 0.6) is 11.5 Å². The molecule has 3 rings (SSSR count). The van der Waals surface area contributed by atoms with E-state index in [0.717, 1.165) is 12.8 Å². The van der Waals surface area contributed by atoms with E-state index in [-0.39, 0.29) is 47.2 Å². The van der Waals surface area contributed by atoms with Crippen molar-refractivity contribution in [1.29, 1.82) is 0 Å². The molecule has 0 fully saturated rings. The Morgan fingerprint density at radius 2 is 1.55 bits per heavy atom. The van der Waals surface area contributed by atoms with Gasteiger partial charge in [-0.15, -0.1) is 0 Å². The van der Waals surface area contributed by atoms with Crippen molar-refractivity contribution in [3.05, 3.63) is 89.0 Å². The molecule has 0 spiro atoms. The van der Waals surface area contributed by atoms with E-state index in [2.05, 4.69) is 0 Å². The molecule has 0 saturated heterocycles. The first kappa shape index (κ1) is 29.4. The van der Waals surface area contributed by atoms with Gasteiger partial charge in [0.2, 0.25) is 0 Å². The number of carboxylic acid groups (broad SMARTS) is 1. The summed E-state index contributed by atoms with van der Waals surface area (Å²) in [6.07, 6.45) is 4.87. The molecule has 10 nitrogen and oxygen atoms in total. The fraction of sp³-hybridized carbons (Fsp3) is 0.200. The highest BCUT2D eigenvalue weighted by molar-refractivity contribution is 5.93. The number of carbonyl (C=O) groups excluding carboxylic acids is 3. The Balaban J connectivity index is 1.49. The largest absolute Gasteiger partial charge is 0.478 e. The van der Waals surface area contributed by atoms with Crippen LogP contribution in [0, 0.1) is 0 Å². The summed E-state index contributed by atoms with van der Waals surface area (Å²) >= 11 is 0. The number of unbranched alkanes of at least 4 members (excludes halogenated alkanes) is 1. The summed E-state index contributed by atoms with van der Waals surface area (Å²) in [5, 5.41) is 9.37. The van der Waals surface area contributed by atoms with Gasteiger partial charge in [-0.2, -0.15) is 0 Å². The second-order valence-electron chi connectivity index (χ2n) is 8.75. The minimum Gasteiger partial charge on any atom is -0.478 e. The summed E-state index contributed by atoms with van der Waals surface area (Å²) in [7, 11) is 0. The molecule has 0 unspecified atom stereocenters. The first-order valence-electron chi connectivity index (χ1n) is 12.5. The maximum absolute atomic E-state index is 12.4. The second-order valence-corrected chi connectivity index (χ2v) is 8.75. The number of rotatable bonds is 12. The van der Waals surface area contributed by atoms with Gasteiger partial charge in [-0.25, -0.2) is 14.4 Å². The van der Waals surface area contributed by atoms with Gasteiger partial charge in [-0.3, -0.25) is 4.79 Å². The van der Waals surface area contributed by atoms with Crippen molar-refractivity contribution in [3.63, 3.8) is 0 Å². The van der Waals surface area contributed by atoms with Crippen molar-refractivity contribution in [2.75, 3.05) is 18.1 Å². The third-order valence-corrected chi connectivity index (χ3v) is 5.69. The average Bonchev–Trinajstić information content (AvgIpc) is 2.92. The van der Waals surface area contributed by atoms with Crippen LogP contribution in [0.2, 0.25) is 0 Å². The number of anilines is 2. The highest BCUT2D eigenvalue weighted by Crippen LogP contribution is 2.23. The lowest BCUT2D eigenvalue weighted by Crippen LogP contribution is -2.12. The van der Waals surface area contributed by atoms with E-state index in [4.69, 9.17) is 25.7 Å². The number of aromatic carboxylic acids is 1. The van der Waals surface area contributed by atoms with Crippen molar-refractivity contribution in [2.45, 2.75) is 32.6 Å².